The van der Waals surface area contributed by atoms with Gasteiger partial charge in [-0.1, -0.05) is 12.1 Å². The molecule has 4 bridgehead atoms. The summed E-state index contributed by atoms with van der Waals surface area (Å²) in [5.41, 5.74) is 0.575. The molecule has 1 unspecified atom stereocenters. The number of sulfonamides is 1. The fraction of sp³-hybridized carbons (Fsp3) is 0.483. The fourth-order valence-corrected chi connectivity index (χ4v) is 8.41. The number of nitrogens with zero attached hydrogens (tertiary/aromatic N) is 2. The number of carbonyl (C=O) groups excluding carboxylic acids is 3. The SMILES string of the molecule is NS(=O)(=O)c1ccc(CCN(C(=O)C23CC4CC(CC(C4)C2)C3)C2CC(=O)N(c3ccc(F)cc3)C2=O)cc1. The maximum absolute atomic E-state index is 14.4. The Morgan fingerprint density at radius 1 is 0.949 bits per heavy atom. The second kappa shape index (κ2) is 9.52. The van der Waals surface area contributed by atoms with E-state index in [9.17, 15) is 27.2 Å². The Kier molecular flexibility index (Phi) is 6.38. The average molecular weight is 554 g/mol. The van der Waals surface area contributed by atoms with E-state index in [1.165, 1.54) is 55.7 Å². The van der Waals surface area contributed by atoms with E-state index >= 15 is 0 Å². The average Bonchev–Trinajstić information content (AvgIpc) is 3.17. The summed E-state index contributed by atoms with van der Waals surface area (Å²) < 4.78 is 36.8. The standard InChI is InChI=1S/C29H32FN3O5S/c30-22-3-5-23(6-4-22)33-26(34)14-25(27(33)35)32(10-9-18-1-7-24(8-2-18)39(31,37)38)28(36)29-15-19-11-20(16-29)13-21(12-19)17-29/h1-8,19-21,25H,9-17H2,(H2,31,37,38). The Bertz CT molecular complexity index is 1390. The van der Waals surface area contributed by atoms with Crippen LogP contribution in [0.1, 0.15) is 50.5 Å². The zero-order valence-electron chi connectivity index (χ0n) is 21.6. The first-order valence-corrected chi connectivity index (χ1v) is 15.1. The van der Waals surface area contributed by atoms with Gasteiger partial charge in [-0.15, -0.1) is 0 Å². The number of carbonyl (C=O) groups is 3. The van der Waals surface area contributed by atoms with E-state index in [0.29, 0.717) is 24.2 Å². The highest BCUT2D eigenvalue weighted by Gasteiger charge is 2.57. The van der Waals surface area contributed by atoms with Crippen LogP contribution in [0.4, 0.5) is 10.1 Å². The lowest BCUT2D eigenvalue weighted by atomic mass is 9.49. The third kappa shape index (κ3) is 4.78. The van der Waals surface area contributed by atoms with E-state index < -0.39 is 39.1 Å². The number of imide groups is 1. The lowest BCUT2D eigenvalue weighted by Gasteiger charge is -2.57. The van der Waals surface area contributed by atoms with Crippen molar-refractivity contribution in [1.82, 2.24) is 4.90 Å². The van der Waals surface area contributed by atoms with Crippen LogP contribution >= 0.6 is 0 Å². The van der Waals surface area contributed by atoms with Crippen molar-refractivity contribution in [3.05, 3.63) is 59.9 Å². The van der Waals surface area contributed by atoms with Crippen LogP contribution in [0.15, 0.2) is 53.4 Å². The van der Waals surface area contributed by atoms with Crippen LogP contribution in [0.3, 0.4) is 0 Å². The van der Waals surface area contributed by atoms with Crippen LogP contribution in [0.2, 0.25) is 0 Å². The summed E-state index contributed by atoms with van der Waals surface area (Å²) in [6.07, 6.45) is 6.25. The molecule has 1 aliphatic heterocycles. The van der Waals surface area contributed by atoms with Crippen molar-refractivity contribution in [1.29, 1.82) is 0 Å². The monoisotopic (exact) mass is 553 g/mol. The first-order valence-electron chi connectivity index (χ1n) is 13.6. The molecule has 8 nitrogen and oxygen atoms in total. The molecule has 2 N–H and O–H groups in total. The van der Waals surface area contributed by atoms with Crippen molar-refractivity contribution >= 4 is 33.4 Å². The van der Waals surface area contributed by atoms with Gasteiger partial charge in [-0.3, -0.25) is 14.4 Å². The van der Waals surface area contributed by atoms with Crippen molar-refractivity contribution in [2.24, 2.45) is 28.3 Å². The zero-order chi connectivity index (χ0) is 27.5. The summed E-state index contributed by atoms with van der Waals surface area (Å²) in [6, 6.07) is 10.4. The Labute approximate surface area is 227 Å². The Hall–Kier alpha value is -3.11. The second-order valence-electron chi connectivity index (χ2n) is 11.9. The first kappa shape index (κ1) is 26.1. The summed E-state index contributed by atoms with van der Waals surface area (Å²) in [5, 5.41) is 5.22. The summed E-state index contributed by atoms with van der Waals surface area (Å²) in [6.45, 7) is 0.219. The Morgan fingerprint density at radius 2 is 1.51 bits per heavy atom. The molecule has 4 saturated carbocycles. The van der Waals surface area contributed by atoms with Gasteiger partial charge in [0.2, 0.25) is 21.8 Å². The van der Waals surface area contributed by atoms with Crippen molar-refractivity contribution in [2.75, 3.05) is 11.4 Å². The molecule has 1 saturated heterocycles. The van der Waals surface area contributed by atoms with Crippen molar-refractivity contribution < 1.29 is 27.2 Å². The lowest BCUT2D eigenvalue weighted by Crippen LogP contribution is -2.58. The number of rotatable bonds is 7. The molecule has 1 atom stereocenters. The molecular weight excluding hydrogens is 521 g/mol. The minimum Gasteiger partial charge on any atom is -0.329 e. The van der Waals surface area contributed by atoms with Gasteiger partial charge in [0.05, 0.1) is 22.4 Å². The van der Waals surface area contributed by atoms with Crippen LogP contribution in [0.25, 0.3) is 0 Å². The smallest absolute Gasteiger partial charge is 0.257 e. The molecule has 206 valence electrons. The molecule has 0 aromatic heterocycles. The van der Waals surface area contributed by atoms with Gasteiger partial charge in [-0.25, -0.2) is 22.8 Å². The summed E-state index contributed by atoms with van der Waals surface area (Å²) in [7, 11) is -3.83. The predicted octanol–water partition coefficient (Wildman–Crippen LogP) is 3.39. The highest BCUT2D eigenvalue weighted by atomic mass is 32.2. The molecule has 10 heteroatoms. The minimum absolute atomic E-state index is 0.000688. The van der Waals surface area contributed by atoms with E-state index in [1.54, 1.807) is 17.0 Å². The highest BCUT2D eigenvalue weighted by molar-refractivity contribution is 7.89. The van der Waals surface area contributed by atoms with E-state index in [4.69, 9.17) is 5.14 Å². The van der Waals surface area contributed by atoms with Crippen LogP contribution in [-0.4, -0.2) is 43.6 Å². The Morgan fingerprint density at radius 3 is 2.05 bits per heavy atom. The third-order valence-corrected chi connectivity index (χ3v) is 10.2. The largest absolute Gasteiger partial charge is 0.329 e. The van der Waals surface area contributed by atoms with Crippen LogP contribution < -0.4 is 10.0 Å². The maximum atomic E-state index is 14.4. The van der Waals surface area contributed by atoms with Gasteiger partial charge in [0, 0.05) is 6.54 Å². The predicted molar refractivity (Wildman–Crippen MR) is 141 cm³/mol. The molecule has 2 aromatic rings. The molecule has 5 fully saturated rings. The van der Waals surface area contributed by atoms with E-state index in [0.717, 1.165) is 29.7 Å². The summed E-state index contributed by atoms with van der Waals surface area (Å²) in [5.74, 6) is 0.182. The molecule has 4 aliphatic carbocycles. The van der Waals surface area contributed by atoms with E-state index in [2.05, 4.69) is 0 Å². The van der Waals surface area contributed by atoms with Gasteiger partial charge in [0.25, 0.3) is 5.91 Å². The van der Waals surface area contributed by atoms with Crippen LogP contribution in [0.5, 0.6) is 0 Å². The second-order valence-corrected chi connectivity index (χ2v) is 13.5. The number of amides is 3. The van der Waals surface area contributed by atoms with E-state index in [-0.39, 0.29) is 29.5 Å². The van der Waals surface area contributed by atoms with Gasteiger partial charge in [0.15, 0.2) is 0 Å². The van der Waals surface area contributed by atoms with Crippen LogP contribution in [-0.2, 0) is 30.8 Å². The number of benzene rings is 2. The topological polar surface area (TPSA) is 118 Å². The number of halogens is 1. The van der Waals surface area contributed by atoms with Gasteiger partial charge < -0.3 is 4.90 Å². The number of nitrogens with two attached hydrogens (primary N) is 1. The van der Waals surface area contributed by atoms with Crippen molar-refractivity contribution in [3.63, 3.8) is 0 Å². The summed E-state index contributed by atoms with van der Waals surface area (Å²) in [4.78, 5) is 43.8. The van der Waals surface area contributed by atoms with Crippen molar-refractivity contribution in [3.8, 4) is 0 Å². The number of anilines is 1. The van der Waals surface area contributed by atoms with Gasteiger partial charge in [-0.05, 0) is 105 Å². The lowest BCUT2D eigenvalue weighted by molar-refractivity contribution is -0.161. The van der Waals surface area contributed by atoms with Gasteiger partial charge in [0.1, 0.15) is 11.9 Å². The van der Waals surface area contributed by atoms with Gasteiger partial charge in [-0.2, -0.15) is 0 Å². The molecule has 1 heterocycles. The molecule has 0 spiro atoms. The van der Waals surface area contributed by atoms with Crippen LogP contribution in [0, 0.1) is 29.0 Å². The Balaban J connectivity index is 1.29. The normalized spacial score (nSPS) is 29.7. The third-order valence-electron chi connectivity index (χ3n) is 9.23. The molecular formula is C29H32FN3O5S. The highest BCUT2D eigenvalue weighted by Crippen LogP contribution is 2.60. The quantitative estimate of drug-likeness (QED) is 0.528. The molecule has 0 radical (unpaired) electrons. The molecule has 39 heavy (non-hydrogen) atoms. The fourth-order valence-electron chi connectivity index (χ4n) is 7.89. The van der Waals surface area contributed by atoms with E-state index in [1.807, 2.05) is 0 Å². The summed E-state index contributed by atoms with van der Waals surface area (Å²) >= 11 is 0. The zero-order valence-corrected chi connectivity index (χ0v) is 22.4. The maximum Gasteiger partial charge on any atom is 0.257 e. The van der Waals surface area contributed by atoms with Crippen molar-refractivity contribution in [2.45, 2.75) is 62.3 Å². The number of hydrogen-bond donors (Lipinski definition) is 1. The minimum atomic E-state index is -3.83. The van der Waals surface area contributed by atoms with Gasteiger partial charge >= 0.3 is 0 Å². The first-order chi connectivity index (χ1) is 18.5. The number of hydrogen-bond acceptors (Lipinski definition) is 5. The molecule has 3 amide bonds. The molecule has 2 aromatic carbocycles. The molecule has 5 aliphatic rings. The number of primary sulfonamides is 1. The molecule has 7 rings (SSSR count).